The Labute approximate surface area is 203 Å². The van der Waals surface area contributed by atoms with Gasteiger partial charge in [0.2, 0.25) is 17.7 Å². The second-order valence-corrected chi connectivity index (χ2v) is 8.39. The Morgan fingerprint density at radius 1 is 0.886 bits per heavy atom. The van der Waals surface area contributed by atoms with Gasteiger partial charge < -0.3 is 37.0 Å². The van der Waals surface area contributed by atoms with Gasteiger partial charge in [0.25, 0.3) is 0 Å². The van der Waals surface area contributed by atoms with Crippen LogP contribution in [0.2, 0.25) is 0 Å². The Morgan fingerprint density at radius 2 is 1.43 bits per heavy atom. The minimum Gasteiger partial charge on any atom is -0.481 e. The van der Waals surface area contributed by atoms with Gasteiger partial charge in [0.05, 0.1) is 12.5 Å². The third kappa shape index (κ3) is 9.71. The SMILES string of the molecule is CCC(C)C(NC(=O)C(Cc1ccccc1)NC(=O)C(CC(=O)O)NC(=O)C(N)C(C)O)C(=O)O. The summed E-state index contributed by atoms with van der Waals surface area (Å²) in [7, 11) is 0. The summed E-state index contributed by atoms with van der Waals surface area (Å²) in [6.07, 6.45) is -1.61. The maximum atomic E-state index is 13.0. The molecule has 0 heterocycles. The maximum Gasteiger partial charge on any atom is 0.326 e. The number of rotatable bonds is 14. The van der Waals surface area contributed by atoms with Crippen molar-refractivity contribution in [2.75, 3.05) is 0 Å². The number of nitrogens with one attached hydrogen (secondary N) is 3. The van der Waals surface area contributed by atoms with Crippen LogP contribution < -0.4 is 21.7 Å². The molecule has 0 saturated heterocycles. The summed E-state index contributed by atoms with van der Waals surface area (Å²) >= 11 is 0. The molecule has 12 nitrogen and oxygen atoms in total. The number of carbonyl (C=O) groups excluding carboxylic acids is 3. The van der Waals surface area contributed by atoms with Crippen LogP contribution in [0, 0.1) is 5.92 Å². The first kappa shape index (κ1) is 29.5. The molecule has 0 saturated carbocycles. The van der Waals surface area contributed by atoms with Crippen LogP contribution in [0.1, 0.15) is 39.2 Å². The molecular weight excluding hydrogens is 460 g/mol. The molecule has 6 unspecified atom stereocenters. The lowest BCUT2D eigenvalue weighted by atomic mass is 9.98. The van der Waals surface area contributed by atoms with Crippen LogP contribution in [-0.4, -0.2) is 75.3 Å². The maximum absolute atomic E-state index is 13.0. The number of hydrogen-bond donors (Lipinski definition) is 7. The van der Waals surface area contributed by atoms with Gasteiger partial charge in [0.15, 0.2) is 0 Å². The fourth-order valence-corrected chi connectivity index (χ4v) is 3.14. The molecule has 1 aromatic rings. The highest BCUT2D eigenvalue weighted by Gasteiger charge is 2.33. The lowest BCUT2D eigenvalue weighted by Gasteiger charge is -2.26. The summed E-state index contributed by atoms with van der Waals surface area (Å²) in [5.41, 5.74) is 6.21. The van der Waals surface area contributed by atoms with E-state index in [-0.39, 0.29) is 6.42 Å². The Morgan fingerprint density at radius 3 is 1.91 bits per heavy atom. The fourth-order valence-electron chi connectivity index (χ4n) is 3.14. The molecule has 0 aliphatic heterocycles. The zero-order chi connectivity index (χ0) is 26.7. The average molecular weight is 495 g/mol. The molecule has 0 aliphatic carbocycles. The minimum atomic E-state index is -1.60. The summed E-state index contributed by atoms with van der Waals surface area (Å²) in [5, 5.41) is 35.2. The van der Waals surface area contributed by atoms with E-state index in [4.69, 9.17) is 5.73 Å². The van der Waals surface area contributed by atoms with E-state index in [0.29, 0.717) is 12.0 Å². The molecular formula is C23H34N4O8. The van der Waals surface area contributed by atoms with Crippen LogP contribution in [0.5, 0.6) is 0 Å². The Bertz CT molecular complexity index is 893. The Kier molecular flexibility index (Phi) is 11.8. The monoisotopic (exact) mass is 494 g/mol. The van der Waals surface area contributed by atoms with Gasteiger partial charge in [0, 0.05) is 6.42 Å². The molecule has 6 atom stereocenters. The second kappa shape index (κ2) is 14.0. The van der Waals surface area contributed by atoms with E-state index in [2.05, 4.69) is 16.0 Å². The molecule has 0 spiro atoms. The van der Waals surface area contributed by atoms with Crippen molar-refractivity contribution < 1.29 is 39.3 Å². The number of carboxylic acid groups (broad SMARTS) is 2. The van der Waals surface area contributed by atoms with Crippen LogP contribution in [0.15, 0.2) is 30.3 Å². The predicted molar refractivity (Wildman–Crippen MR) is 125 cm³/mol. The number of carbonyl (C=O) groups is 5. The molecule has 1 rings (SSSR count). The molecule has 0 bridgehead atoms. The van der Waals surface area contributed by atoms with E-state index in [9.17, 15) is 39.3 Å². The molecule has 35 heavy (non-hydrogen) atoms. The van der Waals surface area contributed by atoms with Gasteiger partial charge in [-0.05, 0) is 18.4 Å². The molecule has 194 valence electrons. The van der Waals surface area contributed by atoms with Crippen molar-refractivity contribution in [2.45, 2.75) is 70.3 Å². The van der Waals surface area contributed by atoms with E-state index in [1.807, 2.05) is 0 Å². The third-order valence-electron chi connectivity index (χ3n) is 5.53. The van der Waals surface area contributed by atoms with Crippen molar-refractivity contribution in [3.05, 3.63) is 35.9 Å². The van der Waals surface area contributed by atoms with E-state index in [1.165, 1.54) is 6.92 Å². The predicted octanol–water partition coefficient (Wildman–Crippen LogP) is -1.00. The molecule has 0 aliphatic rings. The quantitative estimate of drug-likeness (QED) is 0.169. The van der Waals surface area contributed by atoms with E-state index in [0.717, 1.165) is 0 Å². The Balaban J connectivity index is 3.17. The lowest BCUT2D eigenvalue weighted by molar-refractivity contribution is -0.144. The van der Waals surface area contributed by atoms with Crippen molar-refractivity contribution in [3.8, 4) is 0 Å². The van der Waals surface area contributed by atoms with Gasteiger partial charge in [-0.25, -0.2) is 4.79 Å². The summed E-state index contributed by atoms with van der Waals surface area (Å²) in [6.45, 7) is 4.69. The fraction of sp³-hybridized carbons (Fsp3) is 0.522. The second-order valence-electron chi connectivity index (χ2n) is 8.39. The number of nitrogens with two attached hydrogens (primary N) is 1. The van der Waals surface area contributed by atoms with Crippen LogP contribution in [0.4, 0.5) is 0 Å². The smallest absolute Gasteiger partial charge is 0.326 e. The first-order valence-corrected chi connectivity index (χ1v) is 11.2. The summed E-state index contributed by atoms with van der Waals surface area (Å²) < 4.78 is 0. The summed E-state index contributed by atoms with van der Waals surface area (Å²) in [5.74, 6) is -5.75. The van der Waals surface area contributed by atoms with Crippen molar-refractivity contribution in [1.29, 1.82) is 0 Å². The summed E-state index contributed by atoms with van der Waals surface area (Å²) in [4.78, 5) is 61.1. The average Bonchev–Trinajstić information content (AvgIpc) is 2.80. The minimum absolute atomic E-state index is 0.0216. The van der Waals surface area contributed by atoms with Crippen LogP contribution in [0.25, 0.3) is 0 Å². The highest BCUT2D eigenvalue weighted by molar-refractivity contribution is 5.95. The highest BCUT2D eigenvalue weighted by atomic mass is 16.4. The van der Waals surface area contributed by atoms with Gasteiger partial charge in [-0.15, -0.1) is 0 Å². The number of hydrogen-bond acceptors (Lipinski definition) is 7. The molecule has 12 heteroatoms. The normalized spacial score (nSPS) is 16.0. The standard InChI is InChI=1S/C23H34N4O8/c1-4-12(2)19(23(34)35)27-21(32)15(10-14-8-6-5-7-9-14)25-20(31)16(11-17(29)30)26-22(33)18(24)13(3)28/h5-9,12-13,15-16,18-19,28H,4,10-11,24H2,1-3H3,(H,25,31)(H,26,33)(H,27,32)(H,29,30)(H,34,35). The third-order valence-corrected chi connectivity index (χ3v) is 5.53. The van der Waals surface area contributed by atoms with E-state index < -0.39 is 72.3 Å². The number of benzene rings is 1. The van der Waals surface area contributed by atoms with Crippen molar-refractivity contribution in [3.63, 3.8) is 0 Å². The first-order valence-electron chi connectivity index (χ1n) is 11.2. The number of aliphatic carboxylic acids is 2. The molecule has 1 aromatic carbocycles. The van der Waals surface area contributed by atoms with E-state index in [1.54, 1.807) is 44.2 Å². The highest BCUT2D eigenvalue weighted by Crippen LogP contribution is 2.10. The molecule has 8 N–H and O–H groups in total. The molecule has 0 fully saturated rings. The van der Waals surface area contributed by atoms with Gasteiger partial charge in [0.1, 0.15) is 24.2 Å². The number of aliphatic hydroxyl groups excluding tert-OH is 1. The lowest BCUT2D eigenvalue weighted by Crippen LogP contribution is -2.59. The summed E-state index contributed by atoms with van der Waals surface area (Å²) in [6, 6.07) is 3.12. The number of amides is 3. The molecule has 3 amide bonds. The van der Waals surface area contributed by atoms with E-state index >= 15 is 0 Å². The van der Waals surface area contributed by atoms with Gasteiger partial charge in [-0.3, -0.25) is 19.2 Å². The topological polar surface area (TPSA) is 208 Å². The number of carboxylic acids is 2. The molecule has 0 aromatic heterocycles. The van der Waals surface area contributed by atoms with Crippen molar-refractivity contribution in [2.24, 2.45) is 11.7 Å². The zero-order valence-corrected chi connectivity index (χ0v) is 19.9. The number of aliphatic hydroxyl groups is 1. The van der Waals surface area contributed by atoms with Gasteiger partial charge >= 0.3 is 11.9 Å². The Hall–Kier alpha value is -3.51. The van der Waals surface area contributed by atoms with Crippen LogP contribution in [-0.2, 0) is 30.4 Å². The first-order chi connectivity index (χ1) is 16.4. The molecule has 0 radical (unpaired) electrons. The van der Waals surface area contributed by atoms with Crippen LogP contribution >= 0.6 is 0 Å². The van der Waals surface area contributed by atoms with Gasteiger partial charge in [-0.2, -0.15) is 0 Å². The van der Waals surface area contributed by atoms with Crippen molar-refractivity contribution in [1.82, 2.24) is 16.0 Å². The van der Waals surface area contributed by atoms with Gasteiger partial charge in [-0.1, -0.05) is 50.6 Å². The van der Waals surface area contributed by atoms with Crippen molar-refractivity contribution >= 4 is 29.7 Å². The zero-order valence-electron chi connectivity index (χ0n) is 19.9. The largest absolute Gasteiger partial charge is 0.481 e. The van der Waals surface area contributed by atoms with Crippen LogP contribution in [0.3, 0.4) is 0 Å².